The molecule has 0 aromatic rings. The van der Waals surface area contributed by atoms with Crippen molar-refractivity contribution in [3.8, 4) is 0 Å². The Balaban J connectivity index is 0. The second kappa shape index (κ2) is 15.3. The van der Waals surface area contributed by atoms with Gasteiger partial charge in [-0.05, 0) is 41.5 Å². The summed E-state index contributed by atoms with van der Waals surface area (Å²) in [5, 5.41) is 0. The lowest BCUT2D eigenvalue weighted by atomic mass is 10.3. The topological polar surface area (TPSA) is 0 Å². The molecule has 0 radical (unpaired) electrons. The van der Waals surface area contributed by atoms with Crippen molar-refractivity contribution in [2.75, 3.05) is 17.3 Å². The summed E-state index contributed by atoms with van der Waals surface area (Å²) in [5.74, 6) is 3.12. The minimum atomic E-state index is 0.863. The third-order valence-electron chi connectivity index (χ3n) is 1.70. The zero-order valence-electron chi connectivity index (χ0n) is 12.6. The van der Waals surface area contributed by atoms with Gasteiger partial charge in [0.25, 0.3) is 0 Å². The quantitative estimate of drug-likeness (QED) is 0.269. The first-order valence-electron chi connectivity index (χ1n) is 6.15. The fraction of sp³-hybridized carbons (Fsp3) is 0.600. The number of rotatable bonds is 6. The molecule has 0 nitrogen and oxygen atoms in total. The monoisotopic (exact) mass is 304 g/mol. The lowest BCUT2D eigenvalue weighted by Gasteiger charge is -1.94. The van der Waals surface area contributed by atoms with Gasteiger partial charge in [-0.15, -0.1) is 0 Å². The first-order valence-corrected chi connectivity index (χ1v) is 9.27. The van der Waals surface area contributed by atoms with Crippen LogP contribution in [0.15, 0.2) is 34.9 Å². The van der Waals surface area contributed by atoms with Crippen molar-refractivity contribution in [3.63, 3.8) is 0 Å². The minimum absolute atomic E-state index is 0.863. The molecule has 0 aromatic heterocycles. The van der Waals surface area contributed by atoms with Crippen LogP contribution in [0.4, 0.5) is 0 Å². The highest BCUT2D eigenvalue weighted by Crippen LogP contribution is 2.21. The molecule has 0 amide bonds. The number of hydrogen-bond acceptors (Lipinski definition) is 3. The maximum Gasteiger partial charge on any atom is 0.0220 e. The van der Waals surface area contributed by atoms with Crippen molar-refractivity contribution in [3.05, 3.63) is 34.9 Å². The SMILES string of the molecule is CC(C)=CCS.CC(C)=CCSSCC=C(C)C. The van der Waals surface area contributed by atoms with Crippen molar-refractivity contribution in [1.29, 1.82) is 0 Å². The molecule has 0 saturated heterocycles. The van der Waals surface area contributed by atoms with Gasteiger partial charge in [0.05, 0.1) is 0 Å². The van der Waals surface area contributed by atoms with Crippen LogP contribution in [-0.2, 0) is 0 Å². The van der Waals surface area contributed by atoms with Crippen LogP contribution in [0.3, 0.4) is 0 Å². The molecule has 0 fully saturated rings. The van der Waals surface area contributed by atoms with E-state index < -0.39 is 0 Å². The number of allylic oxidation sites excluding steroid dienone is 3. The molecule has 0 heterocycles. The van der Waals surface area contributed by atoms with E-state index in [1.165, 1.54) is 16.7 Å². The van der Waals surface area contributed by atoms with Crippen molar-refractivity contribution in [2.24, 2.45) is 0 Å². The van der Waals surface area contributed by atoms with Gasteiger partial charge in [0.15, 0.2) is 0 Å². The summed E-state index contributed by atoms with van der Waals surface area (Å²) in [6.07, 6.45) is 6.60. The van der Waals surface area contributed by atoms with E-state index in [9.17, 15) is 0 Å². The summed E-state index contributed by atoms with van der Waals surface area (Å²) >= 11 is 3.98. The van der Waals surface area contributed by atoms with Gasteiger partial charge in [0.2, 0.25) is 0 Å². The van der Waals surface area contributed by atoms with Gasteiger partial charge in [0, 0.05) is 17.3 Å². The van der Waals surface area contributed by atoms with Crippen LogP contribution in [0, 0.1) is 0 Å². The Bertz CT molecular complexity index is 243. The molecule has 0 aliphatic carbocycles. The Morgan fingerprint density at radius 1 is 0.722 bits per heavy atom. The van der Waals surface area contributed by atoms with Crippen molar-refractivity contribution >= 4 is 34.2 Å². The third-order valence-corrected chi connectivity index (χ3v) is 3.97. The zero-order chi connectivity index (χ0) is 14.4. The van der Waals surface area contributed by atoms with Crippen LogP contribution in [0.25, 0.3) is 0 Å². The van der Waals surface area contributed by atoms with Gasteiger partial charge in [-0.25, -0.2) is 0 Å². The van der Waals surface area contributed by atoms with Gasteiger partial charge in [0.1, 0.15) is 0 Å². The first kappa shape index (κ1) is 20.6. The van der Waals surface area contributed by atoms with E-state index in [2.05, 4.69) is 72.4 Å². The highest BCUT2D eigenvalue weighted by atomic mass is 33.1. The van der Waals surface area contributed by atoms with E-state index in [1.807, 2.05) is 21.6 Å². The van der Waals surface area contributed by atoms with Crippen LogP contribution in [0.5, 0.6) is 0 Å². The third kappa shape index (κ3) is 25.2. The molecule has 0 saturated carbocycles. The summed E-state index contributed by atoms with van der Waals surface area (Å²) in [6.45, 7) is 12.7. The second-order valence-corrected chi connectivity index (χ2v) is 7.51. The van der Waals surface area contributed by atoms with Crippen LogP contribution in [0.1, 0.15) is 41.5 Å². The zero-order valence-corrected chi connectivity index (χ0v) is 15.1. The van der Waals surface area contributed by atoms with Crippen molar-refractivity contribution in [2.45, 2.75) is 41.5 Å². The Morgan fingerprint density at radius 3 is 1.22 bits per heavy atom. The summed E-state index contributed by atoms with van der Waals surface area (Å²) in [7, 11) is 3.84. The van der Waals surface area contributed by atoms with Crippen molar-refractivity contribution in [1.82, 2.24) is 0 Å². The largest absolute Gasteiger partial charge is 0.175 e. The summed E-state index contributed by atoms with van der Waals surface area (Å²) in [5.41, 5.74) is 4.15. The highest BCUT2D eigenvalue weighted by molar-refractivity contribution is 8.76. The molecule has 0 aliphatic heterocycles. The predicted octanol–water partition coefficient (Wildman–Crippen LogP) is 6.18. The molecule has 0 aromatic carbocycles. The maximum atomic E-state index is 3.98. The molecule has 18 heavy (non-hydrogen) atoms. The van der Waals surface area contributed by atoms with Crippen LogP contribution in [0.2, 0.25) is 0 Å². The molecule has 0 atom stereocenters. The molecule has 0 spiro atoms. The molecule has 0 aliphatic rings. The van der Waals surface area contributed by atoms with E-state index in [-0.39, 0.29) is 0 Å². The molecule has 0 N–H and O–H groups in total. The molecular formula is C15H28S3. The highest BCUT2D eigenvalue weighted by Gasteiger charge is 1.85. The normalized spacial score (nSPS) is 8.83. The summed E-state index contributed by atoms with van der Waals surface area (Å²) in [4.78, 5) is 0. The van der Waals surface area contributed by atoms with E-state index in [4.69, 9.17) is 0 Å². The molecule has 0 rings (SSSR count). The molecular weight excluding hydrogens is 276 g/mol. The van der Waals surface area contributed by atoms with Gasteiger partial charge in [-0.3, -0.25) is 0 Å². The fourth-order valence-electron chi connectivity index (χ4n) is 0.680. The maximum absolute atomic E-state index is 3.98. The lowest BCUT2D eigenvalue weighted by molar-refractivity contribution is 1.37. The smallest absolute Gasteiger partial charge is 0.0220 e. The minimum Gasteiger partial charge on any atom is -0.175 e. The summed E-state index contributed by atoms with van der Waals surface area (Å²) < 4.78 is 0. The molecule has 0 unspecified atom stereocenters. The van der Waals surface area contributed by atoms with Gasteiger partial charge >= 0.3 is 0 Å². The average molecular weight is 305 g/mol. The van der Waals surface area contributed by atoms with Gasteiger partial charge in [-0.2, -0.15) is 12.6 Å². The van der Waals surface area contributed by atoms with Crippen LogP contribution >= 0.6 is 34.2 Å². The van der Waals surface area contributed by atoms with E-state index in [0.29, 0.717) is 0 Å². The standard InChI is InChI=1S/C10H18S2.C5H10S/c1-9(2)5-7-11-12-8-6-10(3)4;1-5(2)3-4-6/h5-6H,7-8H2,1-4H3;3,6H,4H2,1-2H3. The Kier molecular flexibility index (Phi) is 17.5. The molecule has 0 bridgehead atoms. The molecule has 3 heteroatoms. The van der Waals surface area contributed by atoms with Gasteiger partial charge in [-0.1, -0.05) is 56.5 Å². The predicted molar refractivity (Wildman–Crippen MR) is 97.1 cm³/mol. The Labute approximate surface area is 128 Å². The number of thiol groups is 1. The van der Waals surface area contributed by atoms with E-state index in [1.54, 1.807) is 0 Å². The second-order valence-electron chi connectivity index (χ2n) is 4.60. The first-order chi connectivity index (χ1) is 8.40. The Morgan fingerprint density at radius 2 is 1.06 bits per heavy atom. The van der Waals surface area contributed by atoms with Crippen LogP contribution in [-0.4, -0.2) is 17.3 Å². The van der Waals surface area contributed by atoms with Crippen molar-refractivity contribution < 1.29 is 0 Å². The van der Waals surface area contributed by atoms with Gasteiger partial charge < -0.3 is 0 Å². The fourth-order valence-corrected chi connectivity index (χ4v) is 3.03. The lowest BCUT2D eigenvalue weighted by Crippen LogP contribution is -1.72. The number of hydrogen-bond donors (Lipinski definition) is 1. The van der Waals surface area contributed by atoms with Crippen LogP contribution < -0.4 is 0 Å². The summed E-state index contributed by atoms with van der Waals surface area (Å²) in [6, 6.07) is 0. The molecule has 106 valence electrons. The van der Waals surface area contributed by atoms with E-state index in [0.717, 1.165) is 17.3 Å². The van der Waals surface area contributed by atoms with E-state index >= 15 is 0 Å². The Hall–Kier alpha value is 0.270. The average Bonchev–Trinajstić information content (AvgIpc) is 2.23.